The van der Waals surface area contributed by atoms with Gasteiger partial charge in [-0.1, -0.05) is 6.42 Å². The molecule has 3 atom stereocenters. The van der Waals surface area contributed by atoms with Crippen molar-refractivity contribution in [3.63, 3.8) is 0 Å². The van der Waals surface area contributed by atoms with Crippen molar-refractivity contribution >= 4 is 29.5 Å². The molecule has 5 heteroatoms. The summed E-state index contributed by atoms with van der Waals surface area (Å²) in [6.45, 7) is 2.61. The third kappa shape index (κ3) is 3.58. The molecule has 1 saturated carbocycles. The van der Waals surface area contributed by atoms with Crippen LogP contribution in [0, 0.1) is 5.92 Å². The van der Waals surface area contributed by atoms with Gasteiger partial charge in [0.1, 0.15) is 0 Å². The van der Waals surface area contributed by atoms with E-state index in [-0.39, 0.29) is 16.7 Å². The number of aliphatic hydroxyl groups is 1. The molecule has 1 saturated heterocycles. The predicted molar refractivity (Wildman–Crippen MR) is 76.9 cm³/mol. The highest BCUT2D eigenvalue weighted by molar-refractivity contribution is 8.21. The quantitative estimate of drug-likeness (QED) is 0.807. The van der Waals surface area contributed by atoms with Gasteiger partial charge in [-0.15, -0.1) is 23.5 Å². The standard InChI is InChI=1S/C13H22O3S2/c1-2-16-12(15)6-10-4-3-5-13(7-10)17-9-11(8-14)18-13/h10-11,14H,2-9H2,1H3. The van der Waals surface area contributed by atoms with Gasteiger partial charge < -0.3 is 9.84 Å². The van der Waals surface area contributed by atoms with Gasteiger partial charge in [0, 0.05) is 17.4 Å². The highest BCUT2D eigenvalue weighted by atomic mass is 32.2. The molecule has 1 N–H and O–H groups in total. The molecule has 0 radical (unpaired) electrons. The van der Waals surface area contributed by atoms with Crippen LogP contribution in [0.25, 0.3) is 0 Å². The number of rotatable bonds is 4. The molecule has 2 fully saturated rings. The minimum Gasteiger partial charge on any atom is -0.466 e. The number of aliphatic hydroxyl groups excluding tert-OH is 1. The predicted octanol–water partition coefficient (Wildman–Crippen LogP) is 2.67. The van der Waals surface area contributed by atoms with E-state index >= 15 is 0 Å². The molecule has 18 heavy (non-hydrogen) atoms. The topological polar surface area (TPSA) is 46.5 Å². The van der Waals surface area contributed by atoms with Crippen LogP contribution in [0.3, 0.4) is 0 Å². The summed E-state index contributed by atoms with van der Waals surface area (Å²) in [6, 6.07) is 0. The average Bonchev–Trinajstić information content (AvgIpc) is 2.72. The third-order valence-electron chi connectivity index (χ3n) is 3.65. The van der Waals surface area contributed by atoms with Crippen LogP contribution in [0.5, 0.6) is 0 Å². The molecule has 104 valence electrons. The van der Waals surface area contributed by atoms with E-state index in [0.717, 1.165) is 18.6 Å². The van der Waals surface area contributed by atoms with Crippen molar-refractivity contribution in [2.24, 2.45) is 5.92 Å². The van der Waals surface area contributed by atoms with Gasteiger partial charge in [0.05, 0.1) is 17.3 Å². The highest BCUT2D eigenvalue weighted by Crippen LogP contribution is 2.57. The maximum absolute atomic E-state index is 11.6. The molecule has 3 unspecified atom stereocenters. The first-order valence-corrected chi connectivity index (χ1v) is 8.62. The number of thioether (sulfide) groups is 2. The second-order valence-electron chi connectivity index (χ2n) is 5.12. The summed E-state index contributed by atoms with van der Waals surface area (Å²) >= 11 is 3.93. The Labute approximate surface area is 117 Å². The lowest BCUT2D eigenvalue weighted by molar-refractivity contribution is -0.144. The Morgan fingerprint density at radius 3 is 3.06 bits per heavy atom. The fourth-order valence-corrected chi connectivity index (χ4v) is 6.75. The first-order valence-electron chi connectivity index (χ1n) is 6.75. The second kappa shape index (κ2) is 6.53. The molecule has 1 heterocycles. The van der Waals surface area contributed by atoms with Gasteiger partial charge in [-0.05, 0) is 32.1 Å². The smallest absolute Gasteiger partial charge is 0.306 e. The van der Waals surface area contributed by atoms with Crippen LogP contribution in [0.4, 0.5) is 0 Å². The molecule has 1 aliphatic carbocycles. The largest absolute Gasteiger partial charge is 0.466 e. The summed E-state index contributed by atoms with van der Waals surface area (Å²) in [5.41, 5.74) is 0. The molecule has 0 amide bonds. The van der Waals surface area contributed by atoms with Crippen molar-refractivity contribution in [1.29, 1.82) is 0 Å². The highest BCUT2D eigenvalue weighted by Gasteiger charge is 2.44. The van der Waals surface area contributed by atoms with Gasteiger partial charge in [-0.25, -0.2) is 0 Å². The van der Waals surface area contributed by atoms with Crippen molar-refractivity contribution in [3.8, 4) is 0 Å². The van der Waals surface area contributed by atoms with Gasteiger partial charge in [0.2, 0.25) is 0 Å². The molecular formula is C13H22O3S2. The van der Waals surface area contributed by atoms with Crippen molar-refractivity contribution in [2.45, 2.75) is 48.4 Å². The zero-order chi connectivity index (χ0) is 13.0. The molecule has 1 spiro atoms. The normalized spacial score (nSPS) is 35.9. The van der Waals surface area contributed by atoms with Gasteiger partial charge in [0.25, 0.3) is 0 Å². The van der Waals surface area contributed by atoms with Crippen LogP contribution in [0.1, 0.15) is 39.0 Å². The van der Waals surface area contributed by atoms with E-state index in [2.05, 4.69) is 0 Å². The van der Waals surface area contributed by atoms with E-state index in [1.165, 1.54) is 12.8 Å². The minimum atomic E-state index is -0.0498. The van der Waals surface area contributed by atoms with Gasteiger partial charge in [-0.3, -0.25) is 4.79 Å². The molecule has 0 bridgehead atoms. The second-order valence-corrected chi connectivity index (χ2v) is 8.46. The maximum Gasteiger partial charge on any atom is 0.306 e. The average molecular weight is 290 g/mol. The van der Waals surface area contributed by atoms with Crippen LogP contribution in [-0.4, -0.2) is 39.4 Å². The van der Waals surface area contributed by atoms with Gasteiger partial charge in [-0.2, -0.15) is 0 Å². The summed E-state index contributed by atoms with van der Waals surface area (Å²) in [7, 11) is 0. The summed E-state index contributed by atoms with van der Waals surface area (Å²) in [5, 5.41) is 9.64. The Bertz CT molecular complexity index is 298. The van der Waals surface area contributed by atoms with Crippen molar-refractivity contribution in [2.75, 3.05) is 19.0 Å². The van der Waals surface area contributed by atoms with Crippen molar-refractivity contribution in [3.05, 3.63) is 0 Å². The van der Waals surface area contributed by atoms with Crippen LogP contribution < -0.4 is 0 Å². The van der Waals surface area contributed by atoms with Crippen molar-refractivity contribution < 1.29 is 14.6 Å². The number of ether oxygens (including phenoxy) is 1. The van der Waals surface area contributed by atoms with Crippen LogP contribution in [0.2, 0.25) is 0 Å². The van der Waals surface area contributed by atoms with E-state index in [9.17, 15) is 9.90 Å². The Morgan fingerprint density at radius 1 is 1.56 bits per heavy atom. The van der Waals surface area contributed by atoms with Crippen LogP contribution >= 0.6 is 23.5 Å². The number of hydrogen-bond acceptors (Lipinski definition) is 5. The summed E-state index contributed by atoms with van der Waals surface area (Å²) in [4.78, 5) is 11.6. The summed E-state index contributed by atoms with van der Waals surface area (Å²) < 4.78 is 5.31. The zero-order valence-electron chi connectivity index (χ0n) is 10.9. The zero-order valence-corrected chi connectivity index (χ0v) is 12.5. The number of hydrogen-bond donors (Lipinski definition) is 1. The lowest BCUT2D eigenvalue weighted by Crippen LogP contribution is -2.29. The van der Waals surface area contributed by atoms with Crippen LogP contribution in [0.15, 0.2) is 0 Å². The fraction of sp³-hybridized carbons (Fsp3) is 0.923. The summed E-state index contributed by atoms with van der Waals surface area (Å²) in [5.74, 6) is 1.47. The molecule has 3 nitrogen and oxygen atoms in total. The van der Waals surface area contributed by atoms with Crippen LogP contribution in [-0.2, 0) is 9.53 Å². The minimum absolute atomic E-state index is 0.0498. The Kier molecular flexibility index (Phi) is 5.27. The fourth-order valence-electron chi connectivity index (χ4n) is 2.88. The number of carbonyl (C=O) groups is 1. The lowest BCUT2D eigenvalue weighted by atomic mass is 9.86. The first kappa shape index (κ1) is 14.5. The van der Waals surface area contributed by atoms with E-state index in [1.54, 1.807) is 0 Å². The molecule has 1 aliphatic heterocycles. The summed E-state index contributed by atoms with van der Waals surface area (Å²) in [6.07, 6.45) is 5.23. The van der Waals surface area contributed by atoms with Gasteiger partial charge >= 0.3 is 5.97 Å². The molecule has 2 rings (SSSR count). The number of carbonyl (C=O) groups excluding carboxylic acids is 1. The molecule has 0 aromatic rings. The van der Waals surface area contributed by atoms with Crippen molar-refractivity contribution in [1.82, 2.24) is 0 Å². The molecule has 0 aromatic heterocycles. The molecule has 2 aliphatic rings. The Balaban J connectivity index is 1.87. The van der Waals surface area contributed by atoms with E-state index in [1.807, 2.05) is 30.4 Å². The monoisotopic (exact) mass is 290 g/mol. The Morgan fingerprint density at radius 2 is 2.39 bits per heavy atom. The van der Waals surface area contributed by atoms with E-state index < -0.39 is 0 Å². The first-order chi connectivity index (χ1) is 8.67. The maximum atomic E-state index is 11.6. The SMILES string of the molecule is CCOC(=O)CC1CCCC2(C1)SCC(CO)S2. The number of esters is 1. The Hall–Kier alpha value is 0.130. The molecular weight excluding hydrogens is 268 g/mol. The van der Waals surface area contributed by atoms with E-state index in [4.69, 9.17) is 4.74 Å². The third-order valence-corrected chi connectivity index (χ3v) is 7.42. The van der Waals surface area contributed by atoms with Gasteiger partial charge in [0.15, 0.2) is 0 Å². The lowest BCUT2D eigenvalue weighted by Gasteiger charge is -2.36. The van der Waals surface area contributed by atoms with E-state index in [0.29, 0.717) is 24.2 Å². The molecule has 0 aromatic carbocycles.